The van der Waals surface area contributed by atoms with Gasteiger partial charge in [0.2, 0.25) is 0 Å². The van der Waals surface area contributed by atoms with Crippen LogP contribution in [0.1, 0.15) is 5.56 Å². The fourth-order valence-corrected chi connectivity index (χ4v) is 2.76. The molecule has 1 heterocycles. The Morgan fingerprint density at radius 2 is 1.95 bits per heavy atom. The SMILES string of the molecule is N#Cc1ccc(Cl)c(-n2c(=S)[nH]c3cc(Cl)ccc32)c1. The van der Waals surface area contributed by atoms with Crippen LogP contribution >= 0.6 is 35.4 Å². The van der Waals surface area contributed by atoms with E-state index in [1.165, 1.54) is 0 Å². The van der Waals surface area contributed by atoms with Crippen molar-refractivity contribution >= 4 is 46.5 Å². The summed E-state index contributed by atoms with van der Waals surface area (Å²) in [5, 5.41) is 10.2. The van der Waals surface area contributed by atoms with E-state index in [0.29, 0.717) is 26.1 Å². The van der Waals surface area contributed by atoms with Crippen molar-refractivity contribution in [1.29, 1.82) is 5.26 Å². The monoisotopic (exact) mass is 319 g/mol. The summed E-state index contributed by atoms with van der Waals surface area (Å²) in [6.45, 7) is 0. The molecule has 0 aliphatic heterocycles. The van der Waals surface area contributed by atoms with Crippen LogP contribution in [0.15, 0.2) is 36.4 Å². The van der Waals surface area contributed by atoms with Gasteiger partial charge in [-0.1, -0.05) is 23.2 Å². The molecule has 1 N–H and O–H groups in total. The van der Waals surface area contributed by atoms with Gasteiger partial charge in [-0.3, -0.25) is 4.57 Å². The molecule has 3 nitrogen and oxygen atoms in total. The maximum atomic E-state index is 9.02. The number of aromatic amines is 1. The van der Waals surface area contributed by atoms with Crippen molar-refractivity contribution < 1.29 is 0 Å². The molecule has 0 aliphatic rings. The minimum Gasteiger partial charge on any atom is -0.330 e. The number of aromatic nitrogens is 2. The highest BCUT2D eigenvalue weighted by Crippen LogP contribution is 2.27. The van der Waals surface area contributed by atoms with E-state index in [4.69, 9.17) is 40.7 Å². The average Bonchev–Trinajstić information content (AvgIpc) is 2.74. The van der Waals surface area contributed by atoms with E-state index in [2.05, 4.69) is 11.1 Å². The summed E-state index contributed by atoms with van der Waals surface area (Å²) < 4.78 is 2.30. The summed E-state index contributed by atoms with van der Waals surface area (Å²) >= 11 is 17.5. The minimum absolute atomic E-state index is 0.499. The number of nitrogens with one attached hydrogen (secondary N) is 1. The first kappa shape index (κ1) is 13.2. The number of nitrogens with zero attached hydrogens (tertiary/aromatic N) is 2. The molecule has 0 aliphatic carbocycles. The summed E-state index contributed by atoms with van der Waals surface area (Å²) in [4.78, 5) is 3.08. The topological polar surface area (TPSA) is 44.5 Å². The van der Waals surface area contributed by atoms with Crippen LogP contribution in [-0.4, -0.2) is 9.55 Å². The van der Waals surface area contributed by atoms with E-state index in [1.54, 1.807) is 34.9 Å². The Kier molecular flexibility index (Phi) is 3.27. The number of H-pyrrole nitrogens is 1. The highest BCUT2D eigenvalue weighted by molar-refractivity contribution is 7.71. The van der Waals surface area contributed by atoms with Crippen LogP contribution in [-0.2, 0) is 0 Å². The molecule has 98 valence electrons. The first-order valence-electron chi connectivity index (χ1n) is 5.70. The smallest absolute Gasteiger partial charge is 0.182 e. The second-order valence-electron chi connectivity index (χ2n) is 4.21. The molecule has 0 radical (unpaired) electrons. The van der Waals surface area contributed by atoms with Crippen LogP contribution in [0.3, 0.4) is 0 Å². The first-order valence-corrected chi connectivity index (χ1v) is 6.87. The van der Waals surface area contributed by atoms with Crippen LogP contribution in [0.2, 0.25) is 10.0 Å². The lowest BCUT2D eigenvalue weighted by molar-refractivity contribution is 1.06. The lowest BCUT2D eigenvalue weighted by atomic mass is 10.2. The number of halogens is 2. The van der Waals surface area contributed by atoms with Gasteiger partial charge in [0.1, 0.15) is 0 Å². The van der Waals surface area contributed by atoms with E-state index in [1.807, 2.05) is 6.07 Å². The third-order valence-corrected chi connectivity index (χ3v) is 3.80. The number of imidazole rings is 1. The predicted molar refractivity (Wildman–Crippen MR) is 83.2 cm³/mol. The number of hydrogen-bond acceptors (Lipinski definition) is 2. The van der Waals surface area contributed by atoms with Crippen molar-refractivity contribution in [3.63, 3.8) is 0 Å². The molecule has 20 heavy (non-hydrogen) atoms. The fraction of sp³-hybridized carbons (Fsp3) is 0. The maximum absolute atomic E-state index is 9.02. The Balaban J connectivity index is 2.38. The maximum Gasteiger partial charge on any atom is 0.182 e. The van der Waals surface area contributed by atoms with Gasteiger partial charge in [0.05, 0.1) is 33.4 Å². The van der Waals surface area contributed by atoms with Gasteiger partial charge < -0.3 is 4.98 Å². The van der Waals surface area contributed by atoms with Crippen LogP contribution in [0.5, 0.6) is 0 Å². The first-order chi connectivity index (χ1) is 9.60. The highest BCUT2D eigenvalue weighted by Gasteiger charge is 2.11. The van der Waals surface area contributed by atoms with Crippen LogP contribution in [0.25, 0.3) is 16.7 Å². The average molecular weight is 320 g/mol. The molecule has 0 amide bonds. The van der Waals surface area contributed by atoms with Crippen molar-refractivity contribution in [2.45, 2.75) is 0 Å². The van der Waals surface area contributed by atoms with Gasteiger partial charge >= 0.3 is 0 Å². The van der Waals surface area contributed by atoms with Crippen LogP contribution in [0.4, 0.5) is 0 Å². The zero-order valence-electron chi connectivity index (χ0n) is 10.0. The van der Waals surface area contributed by atoms with Gasteiger partial charge in [-0.2, -0.15) is 5.26 Å². The Bertz CT molecular complexity index is 918. The molecule has 0 atom stereocenters. The summed E-state index contributed by atoms with van der Waals surface area (Å²) in [6, 6.07) is 12.6. The van der Waals surface area contributed by atoms with Crippen molar-refractivity contribution in [1.82, 2.24) is 9.55 Å². The molecule has 0 saturated heterocycles. The van der Waals surface area contributed by atoms with Crippen LogP contribution < -0.4 is 0 Å². The fourth-order valence-electron chi connectivity index (χ4n) is 2.08. The molecular formula is C14H7Cl2N3S. The Morgan fingerprint density at radius 3 is 2.70 bits per heavy atom. The van der Waals surface area contributed by atoms with Gasteiger partial charge in [-0.05, 0) is 48.6 Å². The summed E-state index contributed by atoms with van der Waals surface area (Å²) in [6.07, 6.45) is 0. The Morgan fingerprint density at radius 1 is 1.15 bits per heavy atom. The molecule has 2 aromatic carbocycles. The zero-order chi connectivity index (χ0) is 14.3. The largest absolute Gasteiger partial charge is 0.330 e. The van der Waals surface area contributed by atoms with Gasteiger partial charge in [-0.25, -0.2) is 0 Å². The van der Waals surface area contributed by atoms with Crippen molar-refractivity contribution in [3.05, 3.63) is 56.8 Å². The Hall–Kier alpha value is -1.80. The molecular weight excluding hydrogens is 313 g/mol. The van der Waals surface area contributed by atoms with Crippen molar-refractivity contribution in [2.24, 2.45) is 0 Å². The van der Waals surface area contributed by atoms with Gasteiger partial charge in [0.15, 0.2) is 4.77 Å². The molecule has 0 saturated carbocycles. The predicted octanol–water partition coefficient (Wildman–Crippen LogP) is 4.87. The summed E-state index contributed by atoms with van der Waals surface area (Å²) in [5.74, 6) is 0. The standard InChI is InChI=1S/C14H7Cl2N3S/c15-9-2-4-12-11(6-9)18-14(20)19(12)13-5-8(7-17)1-3-10(13)16/h1-6H,(H,18,20). The van der Waals surface area contributed by atoms with E-state index in [0.717, 1.165) is 11.0 Å². The molecule has 0 bridgehead atoms. The van der Waals surface area contributed by atoms with Crippen molar-refractivity contribution in [2.75, 3.05) is 0 Å². The normalized spacial score (nSPS) is 10.7. The van der Waals surface area contributed by atoms with Crippen LogP contribution in [0, 0.1) is 16.1 Å². The quantitative estimate of drug-likeness (QED) is 0.650. The number of rotatable bonds is 1. The lowest BCUT2D eigenvalue weighted by Gasteiger charge is -2.07. The summed E-state index contributed by atoms with van der Waals surface area (Å²) in [5.41, 5.74) is 2.87. The molecule has 3 aromatic rings. The number of fused-ring (bicyclic) bond motifs is 1. The number of nitriles is 1. The number of hydrogen-bond donors (Lipinski definition) is 1. The van der Waals surface area contributed by atoms with Gasteiger partial charge in [-0.15, -0.1) is 0 Å². The number of benzene rings is 2. The highest BCUT2D eigenvalue weighted by atomic mass is 35.5. The van der Waals surface area contributed by atoms with E-state index in [-0.39, 0.29) is 0 Å². The second kappa shape index (κ2) is 4.95. The second-order valence-corrected chi connectivity index (χ2v) is 5.44. The van der Waals surface area contributed by atoms with Crippen molar-refractivity contribution in [3.8, 4) is 11.8 Å². The Labute approximate surface area is 130 Å². The van der Waals surface area contributed by atoms with E-state index in [9.17, 15) is 0 Å². The molecule has 0 unspecified atom stereocenters. The zero-order valence-corrected chi connectivity index (χ0v) is 12.4. The lowest BCUT2D eigenvalue weighted by Crippen LogP contribution is -1.96. The third kappa shape index (κ3) is 2.10. The third-order valence-electron chi connectivity index (χ3n) is 2.96. The minimum atomic E-state index is 0.499. The molecule has 0 fully saturated rings. The molecule has 0 spiro atoms. The van der Waals surface area contributed by atoms with E-state index < -0.39 is 0 Å². The summed E-state index contributed by atoms with van der Waals surface area (Å²) in [7, 11) is 0. The van der Waals surface area contributed by atoms with E-state index >= 15 is 0 Å². The molecule has 1 aromatic heterocycles. The van der Waals surface area contributed by atoms with Gasteiger partial charge in [0.25, 0.3) is 0 Å². The van der Waals surface area contributed by atoms with Gasteiger partial charge in [0, 0.05) is 5.02 Å². The molecule has 3 rings (SSSR count). The molecule has 6 heteroatoms.